The van der Waals surface area contributed by atoms with Gasteiger partial charge in [0.05, 0.1) is 18.5 Å². The summed E-state index contributed by atoms with van der Waals surface area (Å²) in [5.74, 6) is 0.488. The largest absolute Gasteiger partial charge is 0.380 e. The van der Waals surface area contributed by atoms with E-state index in [1.807, 2.05) is 54.6 Å². The zero-order valence-electron chi connectivity index (χ0n) is 13.6. The van der Waals surface area contributed by atoms with E-state index in [0.29, 0.717) is 23.7 Å². The summed E-state index contributed by atoms with van der Waals surface area (Å²) in [5, 5.41) is 11.5. The third-order valence-corrected chi connectivity index (χ3v) is 3.69. The molecule has 7 heteroatoms. The van der Waals surface area contributed by atoms with Gasteiger partial charge in [0.15, 0.2) is 11.2 Å². The predicted octanol–water partition coefficient (Wildman–Crippen LogP) is 3.10. The molecule has 0 saturated carbocycles. The van der Waals surface area contributed by atoms with Crippen LogP contribution in [0.1, 0.15) is 5.56 Å². The molecule has 0 aliphatic heterocycles. The fraction of sp³-hybridized carbons (Fsp3) is 0.111. The fourth-order valence-corrected chi connectivity index (χ4v) is 2.57. The molecule has 0 fully saturated rings. The van der Waals surface area contributed by atoms with E-state index in [2.05, 4.69) is 25.6 Å². The molecule has 2 aromatic heterocycles. The van der Waals surface area contributed by atoms with Gasteiger partial charge in [-0.05, 0) is 29.8 Å². The maximum Gasteiger partial charge on any atom is 0.229 e. The highest BCUT2D eigenvalue weighted by Crippen LogP contribution is 2.18. The van der Waals surface area contributed by atoms with Crippen LogP contribution in [0.3, 0.4) is 0 Å². The topological polar surface area (TPSA) is 77.8 Å². The summed E-state index contributed by atoms with van der Waals surface area (Å²) in [6, 6.07) is 17.7. The van der Waals surface area contributed by atoms with Gasteiger partial charge in [-0.1, -0.05) is 35.5 Å². The number of rotatable bonds is 5. The first-order valence-corrected chi connectivity index (χ1v) is 7.82. The number of anilines is 2. The first-order chi connectivity index (χ1) is 12.3. The predicted molar refractivity (Wildman–Crippen MR) is 94.9 cm³/mol. The molecular weight excluding hydrogens is 316 g/mol. The van der Waals surface area contributed by atoms with Gasteiger partial charge < -0.3 is 10.1 Å². The van der Waals surface area contributed by atoms with Crippen molar-refractivity contribution in [2.45, 2.75) is 6.61 Å². The Kier molecular flexibility index (Phi) is 4.05. The molecule has 4 aromatic rings. The highest BCUT2D eigenvalue weighted by molar-refractivity contribution is 5.72. The standard InChI is InChI=1S/C18H16N6O/c1-25-12-13-6-5-7-14(10-13)20-18-19-11-16-17(21-18)24(23-22-16)15-8-3-2-4-9-15/h2-11H,12H2,1H3,(H,19,20,21). The number of hydrogen-bond acceptors (Lipinski definition) is 6. The number of ether oxygens (including phenoxy) is 1. The van der Waals surface area contributed by atoms with Gasteiger partial charge in [0, 0.05) is 12.8 Å². The van der Waals surface area contributed by atoms with Gasteiger partial charge in [0.25, 0.3) is 0 Å². The average molecular weight is 332 g/mol. The van der Waals surface area contributed by atoms with Crippen molar-refractivity contribution >= 4 is 22.8 Å². The van der Waals surface area contributed by atoms with Crippen molar-refractivity contribution in [1.29, 1.82) is 0 Å². The van der Waals surface area contributed by atoms with E-state index in [1.54, 1.807) is 18.0 Å². The van der Waals surface area contributed by atoms with E-state index in [1.165, 1.54) is 0 Å². The number of aromatic nitrogens is 5. The Labute approximate surface area is 144 Å². The Morgan fingerprint density at radius 3 is 2.80 bits per heavy atom. The van der Waals surface area contributed by atoms with Crippen LogP contribution in [0.25, 0.3) is 16.9 Å². The maximum atomic E-state index is 5.17. The lowest BCUT2D eigenvalue weighted by atomic mass is 10.2. The van der Waals surface area contributed by atoms with Gasteiger partial charge in [0.2, 0.25) is 5.95 Å². The highest BCUT2D eigenvalue weighted by Gasteiger charge is 2.10. The SMILES string of the molecule is COCc1cccc(Nc2ncc3nnn(-c4ccccc4)c3n2)c1. The van der Waals surface area contributed by atoms with Crippen LogP contribution in [0.4, 0.5) is 11.6 Å². The molecule has 0 unspecified atom stereocenters. The molecule has 0 atom stereocenters. The van der Waals surface area contributed by atoms with E-state index in [-0.39, 0.29) is 0 Å². The second-order valence-electron chi connectivity index (χ2n) is 5.50. The number of methoxy groups -OCH3 is 1. The van der Waals surface area contributed by atoms with Crippen LogP contribution >= 0.6 is 0 Å². The lowest BCUT2D eigenvalue weighted by Crippen LogP contribution is -2.01. The molecule has 0 bridgehead atoms. The van der Waals surface area contributed by atoms with Crippen LogP contribution in [0.5, 0.6) is 0 Å². The fourth-order valence-electron chi connectivity index (χ4n) is 2.57. The number of nitrogens with one attached hydrogen (secondary N) is 1. The third-order valence-electron chi connectivity index (χ3n) is 3.69. The summed E-state index contributed by atoms with van der Waals surface area (Å²) < 4.78 is 6.86. The minimum atomic E-state index is 0.488. The van der Waals surface area contributed by atoms with Gasteiger partial charge in [-0.25, -0.2) is 4.98 Å². The van der Waals surface area contributed by atoms with Gasteiger partial charge in [-0.15, -0.1) is 5.10 Å². The van der Waals surface area contributed by atoms with E-state index in [4.69, 9.17) is 4.74 Å². The summed E-state index contributed by atoms with van der Waals surface area (Å²) >= 11 is 0. The number of fused-ring (bicyclic) bond motifs is 1. The molecule has 0 aliphatic rings. The molecule has 1 N–H and O–H groups in total. The molecule has 0 amide bonds. The highest BCUT2D eigenvalue weighted by atomic mass is 16.5. The Balaban J connectivity index is 1.68. The van der Waals surface area contributed by atoms with Crippen LogP contribution in [0.15, 0.2) is 60.8 Å². The second kappa shape index (κ2) is 6.66. The number of nitrogens with zero attached hydrogens (tertiary/aromatic N) is 5. The van der Waals surface area contributed by atoms with Crippen LogP contribution in [-0.2, 0) is 11.3 Å². The van der Waals surface area contributed by atoms with E-state index >= 15 is 0 Å². The normalized spacial score (nSPS) is 10.9. The minimum absolute atomic E-state index is 0.488. The van der Waals surface area contributed by atoms with E-state index in [0.717, 1.165) is 16.9 Å². The van der Waals surface area contributed by atoms with Gasteiger partial charge in [-0.3, -0.25) is 0 Å². The van der Waals surface area contributed by atoms with Crippen LogP contribution in [0, 0.1) is 0 Å². The summed E-state index contributed by atoms with van der Waals surface area (Å²) in [6.45, 7) is 0.556. The molecule has 7 nitrogen and oxygen atoms in total. The van der Waals surface area contributed by atoms with E-state index in [9.17, 15) is 0 Å². The molecule has 124 valence electrons. The quantitative estimate of drug-likeness (QED) is 0.605. The summed E-state index contributed by atoms with van der Waals surface area (Å²) in [4.78, 5) is 8.88. The van der Waals surface area contributed by atoms with Gasteiger partial charge >= 0.3 is 0 Å². The van der Waals surface area contributed by atoms with Crippen molar-refractivity contribution in [3.8, 4) is 5.69 Å². The third kappa shape index (κ3) is 3.17. The Hall–Kier alpha value is -3.32. The lowest BCUT2D eigenvalue weighted by Gasteiger charge is -2.07. The Morgan fingerprint density at radius 2 is 1.96 bits per heavy atom. The summed E-state index contributed by atoms with van der Waals surface area (Å²) in [5.41, 5.74) is 4.16. The molecule has 0 aliphatic carbocycles. The average Bonchev–Trinajstić information content (AvgIpc) is 3.06. The second-order valence-corrected chi connectivity index (χ2v) is 5.50. The number of para-hydroxylation sites is 1. The summed E-state index contributed by atoms with van der Waals surface area (Å²) in [7, 11) is 1.68. The Morgan fingerprint density at radius 1 is 1.08 bits per heavy atom. The van der Waals surface area contributed by atoms with Crippen molar-refractivity contribution in [3.63, 3.8) is 0 Å². The summed E-state index contributed by atoms with van der Waals surface area (Å²) in [6.07, 6.45) is 1.66. The van der Waals surface area contributed by atoms with Crippen molar-refractivity contribution in [2.75, 3.05) is 12.4 Å². The maximum absolute atomic E-state index is 5.17. The zero-order valence-corrected chi connectivity index (χ0v) is 13.6. The van der Waals surface area contributed by atoms with Gasteiger partial charge in [0.1, 0.15) is 0 Å². The van der Waals surface area contributed by atoms with E-state index < -0.39 is 0 Å². The van der Waals surface area contributed by atoms with Crippen molar-refractivity contribution < 1.29 is 4.74 Å². The number of benzene rings is 2. The molecule has 25 heavy (non-hydrogen) atoms. The molecule has 2 aromatic carbocycles. The first kappa shape index (κ1) is 15.2. The lowest BCUT2D eigenvalue weighted by molar-refractivity contribution is 0.185. The number of hydrogen-bond donors (Lipinski definition) is 1. The smallest absolute Gasteiger partial charge is 0.229 e. The Bertz CT molecular complexity index is 999. The minimum Gasteiger partial charge on any atom is -0.380 e. The molecule has 4 rings (SSSR count). The van der Waals surface area contributed by atoms with Crippen LogP contribution < -0.4 is 5.32 Å². The molecule has 0 radical (unpaired) electrons. The van der Waals surface area contributed by atoms with Crippen LogP contribution in [0.2, 0.25) is 0 Å². The molecule has 0 spiro atoms. The van der Waals surface area contributed by atoms with Crippen molar-refractivity contribution in [3.05, 3.63) is 66.4 Å². The zero-order chi connectivity index (χ0) is 17.1. The van der Waals surface area contributed by atoms with Crippen molar-refractivity contribution in [1.82, 2.24) is 25.0 Å². The molecular formula is C18H16N6O. The van der Waals surface area contributed by atoms with Gasteiger partial charge in [-0.2, -0.15) is 9.67 Å². The molecule has 0 saturated heterocycles. The van der Waals surface area contributed by atoms with Crippen molar-refractivity contribution in [2.24, 2.45) is 0 Å². The monoisotopic (exact) mass is 332 g/mol. The van der Waals surface area contributed by atoms with Crippen LogP contribution in [-0.4, -0.2) is 32.1 Å². The first-order valence-electron chi connectivity index (χ1n) is 7.82. The molecule has 2 heterocycles.